The number of Topliss-reactive ketones (excluding diaryl/α,β-unsaturated/α-hetero) is 1. The number of carbonyl (C=O) groups excluding carboxylic acids is 1. The van der Waals surface area contributed by atoms with Crippen molar-refractivity contribution in [3.8, 4) is 22.3 Å². The van der Waals surface area contributed by atoms with Crippen LogP contribution in [-0.2, 0) is 13.0 Å². The minimum atomic E-state index is -0.658. The topological polar surface area (TPSA) is 78.0 Å². The van der Waals surface area contributed by atoms with Crippen LogP contribution in [0.1, 0.15) is 15.9 Å². The second kappa shape index (κ2) is 10.1. The Morgan fingerprint density at radius 3 is 2.32 bits per heavy atom. The van der Waals surface area contributed by atoms with Crippen LogP contribution in [0.25, 0.3) is 22.3 Å². The van der Waals surface area contributed by atoms with Gasteiger partial charge < -0.3 is 10.3 Å². The highest BCUT2D eigenvalue weighted by Gasteiger charge is 2.17. The van der Waals surface area contributed by atoms with Gasteiger partial charge in [0.15, 0.2) is 11.2 Å². The lowest BCUT2D eigenvalue weighted by molar-refractivity contribution is 0.0991. The summed E-state index contributed by atoms with van der Waals surface area (Å²) >= 11 is 3.38. The number of benzene rings is 2. The Hall–Kier alpha value is -3.65. The molecule has 172 valence electrons. The Bertz CT molecular complexity index is 1400. The van der Waals surface area contributed by atoms with Gasteiger partial charge in [-0.15, -0.1) is 0 Å². The fourth-order valence-corrected chi connectivity index (χ4v) is 3.99. The van der Waals surface area contributed by atoms with Gasteiger partial charge in [0.2, 0.25) is 0 Å². The van der Waals surface area contributed by atoms with Crippen molar-refractivity contribution in [1.29, 1.82) is 0 Å². The van der Waals surface area contributed by atoms with Gasteiger partial charge in [-0.25, -0.2) is 13.8 Å². The van der Waals surface area contributed by atoms with Crippen LogP contribution in [0.15, 0.2) is 82.5 Å². The highest BCUT2D eigenvalue weighted by molar-refractivity contribution is 9.10. The highest BCUT2D eigenvalue weighted by atomic mass is 79.9. The molecule has 8 heteroatoms. The molecule has 4 rings (SSSR count). The van der Waals surface area contributed by atoms with Crippen LogP contribution in [0.4, 0.5) is 14.6 Å². The van der Waals surface area contributed by atoms with Crippen molar-refractivity contribution in [3.05, 3.63) is 105 Å². The molecule has 0 saturated carbocycles. The van der Waals surface area contributed by atoms with Gasteiger partial charge in [0, 0.05) is 40.6 Å². The minimum absolute atomic E-state index is 0.00839. The van der Waals surface area contributed by atoms with Crippen LogP contribution in [0.5, 0.6) is 0 Å². The van der Waals surface area contributed by atoms with E-state index in [2.05, 4.69) is 20.9 Å². The number of nitrogens with zero attached hydrogens (tertiary/aromatic N) is 2. The zero-order valence-electron chi connectivity index (χ0n) is 18.0. The normalized spacial score (nSPS) is 10.9. The summed E-state index contributed by atoms with van der Waals surface area (Å²) in [6, 6.07) is 14.5. The predicted octanol–water partition coefficient (Wildman–Crippen LogP) is 5.46. The van der Waals surface area contributed by atoms with Crippen molar-refractivity contribution in [2.45, 2.75) is 13.0 Å². The fourth-order valence-electron chi connectivity index (χ4n) is 3.66. The first-order valence-corrected chi connectivity index (χ1v) is 11.2. The molecular weight excluding hydrogens is 504 g/mol. The molecule has 2 aromatic carbocycles. The third-order valence-corrected chi connectivity index (χ3v) is 5.83. The summed E-state index contributed by atoms with van der Waals surface area (Å²) in [6.45, 7) is -0.667. The number of aromatic nitrogens is 2. The number of rotatable bonds is 7. The molecule has 0 aliphatic rings. The maximum absolute atomic E-state index is 13.3. The second-order valence-corrected chi connectivity index (χ2v) is 8.65. The van der Waals surface area contributed by atoms with Crippen molar-refractivity contribution in [1.82, 2.24) is 9.55 Å². The van der Waals surface area contributed by atoms with Crippen LogP contribution >= 0.6 is 15.9 Å². The number of carbonyl (C=O) groups is 1. The lowest BCUT2D eigenvalue weighted by Gasteiger charge is -2.11. The number of ketones is 1. The first-order valence-electron chi connectivity index (χ1n) is 10.4. The Morgan fingerprint density at radius 2 is 1.65 bits per heavy atom. The van der Waals surface area contributed by atoms with E-state index in [0.29, 0.717) is 16.9 Å². The molecule has 0 unspecified atom stereocenters. The zero-order valence-corrected chi connectivity index (χ0v) is 19.6. The van der Waals surface area contributed by atoms with E-state index in [1.807, 2.05) is 18.2 Å². The molecule has 0 saturated heterocycles. The van der Waals surface area contributed by atoms with E-state index in [9.17, 15) is 18.4 Å². The average Bonchev–Trinajstić information content (AvgIpc) is 2.83. The summed E-state index contributed by atoms with van der Waals surface area (Å²) in [5.41, 5.74) is 8.43. The van der Waals surface area contributed by atoms with E-state index in [0.717, 1.165) is 15.6 Å². The number of halogens is 3. The Kier molecular flexibility index (Phi) is 6.98. The number of hydrogen-bond donors (Lipinski definition) is 1. The lowest BCUT2D eigenvalue weighted by Crippen LogP contribution is -2.21. The van der Waals surface area contributed by atoms with Crippen molar-refractivity contribution in [2.75, 3.05) is 12.4 Å². The Balaban J connectivity index is 1.64. The molecule has 0 bridgehead atoms. The van der Waals surface area contributed by atoms with Crippen molar-refractivity contribution in [2.24, 2.45) is 0 Å². The molecule has 0 atom stereocenters. The molecule has 0 spiro atoms. The maximum Gasteiger partial charge on any atom is 0.200 e. The molecule has 0 aliphatic carbocycles. The summed E-state index contributed by atoms with van der Waals surface area (Å²) < 4.78 is 28.6. The molecule has 2 heterocycles. The van der Waals surface area contributed by atoms with E-state index >= 15 is 0 Å². The summed E-state index contributed by atoms with van der Waals surface area (Å²) in [4.78, 5) is 30.3. The monoisotopic (exact) mass is 523 g/mol. The third kappa shape index (κ3) is 5.12. The number of alkyl halides is 1. The van der Waals surface area contributed by atoms with E-state index < -0.39 is 23.7 Å². The maximum atomic E-state index is 13.3. The third-order valence-electron chi connectivity index (χ3n) is 5.39. The molecule has 2 N–H and O–H groups in total. The van der Waals surface area contributed by atoms with Gasteiger partial charge in [0.1, 0.15) is 18.3 Å². The molecule has 5 nitrogen and oxygen atoms in total. The summed E-state index contributed by atoms with van der Waals surface area (Å²) in [5.74, 6) is -0.445. The van der Waals surface area contributed by atoms with E-state index in [1.165, 1.54) is 41.2 Å². The van der Waals surface area contributed by atoms with Crippen LogP contribution in [-0.4, -0.2) is 22.0 Å². The fraction of sp³-hybridized carbons (Fsp3) is 0.115. The van der Waals surface area contributed by atoms with Gasteiger partial charge in [-0.2, -0.15) is 0 Å². The Labute approximate surface area is 203 Å². The van der Waals surface area contributed by atoms with Crippen molar-refractivity contribution >= 4 is 27.5 Å². The SMILES string of the molecule is Nc1ncc(Br)cc1-c1ccc(CC(=O)c2cn(CCF)cc(-c3ccc(F)cc3)c2=O)cc1. The predicted molar refractivity (Wildman–Crippen MR) is 132 cm³/mol. The van der Waals surface area contributed by atoms with Gasteiger partial charge in [-0.1, -0.05) is 36.4 Å². The first kappa shape index (κ1) is 23.5. The standard InChI is InChI=1S/C26H20BrF2N3O2/c27-19-12-21(26(30)31-13-19)17-3-1-16(2-4-17)11-24(33)23-15-32(10-9-28)14-22(25(23)34)18-5-7-20(29)8-6-18/h1-8,12-15H,9-11H2,(H2,30,31). The van der Waals surface area contributed by atoms with Crippen LogP contribution < -0.4 is 11.2 Å². The number of anilines is 1. The van der Waals surface area contributed by atoms with Crippen LogP contribution in [0.2, 0.25) is 0 Å². The van der Waals surface area contributed by atoms with Gasteiger partial charge in [-0.05, 0) is 50.8 Å². The number of pyridine rings is 2. The first-order chi connectivity index (χ1) is 16.4. The number of nitrogens with two attached hydrogens (primary N) is 1. The summed E-state index contributed by atoms with van der Waals surface area (Å²) in [7, 11) is 0. The summed E-state index contributed by atoms with van der Waals surface area (Å²) in [5, 5.41) is 0. The average molecular weight is 524 g/mol. The lowest BCUT2D eigenvalue weighted by atomic mass is 9.98. The smallest absolute Gasteiger partial charge is 0.200 e. The van der Waals surface area contributed by atoms with Crippen LogP contribution in [0, 0.1) is 5.82 Å². The van der Waals surface area contributed by atoms with Gasteiger partial charge in [0.25, 0.3) is 0 Å². The largest absolute Gasteiger partial charge is 0.383 e. The molecule has 2 aromatic heterocycles. The van der Waals surface area contributed by atoms with Gasteiger partial charge in [0.05, 0.1) is 12.1 Å². The van der Waals surface area contributed by atoms with Crippen molar-refractivity contribution in [3.63, 3.8) is 0 Å². The molecule has 0 amide bonds. The zero-order chi connectivity index (χ0) is 24.2. The molecule has 34 heavy (non-hydrogen) atoms. The van der Waals surface area contributed by atoms with E-state index in [1.54, 1.807) is 18.3 Å². The second-order valence-electron chi connectivity index (χ2n) is 7.73. The number of aryl methyl sites for hydroxylation is 1. The van der Waals surface area contributed by atoms with Crippen LogP contribution in [0.3, 0.4) is 0 Å². The highest BCUT2D eigenvalue weighted by Crippen LogP contribution is 2.27. The number of hydrogen-bond acceptors (Lipinski definition) is 4. The number of nitrogen functional groups attached to an aromatic ring is 1. The summed E-state index contributed by atoms with van der Waals surface area (Å²) in [6.07, 6.45) is 4.46. The van der Waals surface area contributed by atoms with Crippen molar-refractivity contribution < 1.29 is 13.6 Å². The molecule has 4 aromatic rings. The molecule has 0 aliphatic heterocycles. The van der Waals surface area contributed by atoms with Gasteiger partial charge >= 0.3 is 0 Å². The molecule has 0 radical (unpaired) electrons. The molecule has 0 fully saturated rings. The quantitative estimate of drug-likeness (QED) is 0.326. The molecular formula is C26H20BrF2N3O2. The Morgan fingerprint density at radius 1 is 1.00 bits per heavy atom. The van der Waals surface area contributed by atoms with E-state index in [4.69, 9.17) is 5.73 Å². The minimum Gasteiger partial charge on any atom is -0.383 e. The van der Waals surface area contributed by atoms with Gasteiger partial charge in [-0.3, -0.25) is 9.59 Å². The van der Waals surface area contributed by atoms with E-state index in [-0.39, 0.29) is 24.1 Å².